The fourth-order valence-electron chi connectivity index (χ4n) is 2.73. The Hall–Kier alpha value is -2.42. The lowest BCUT2D eigenvalue weighted by Crippen LogP contribution is -2.38. The molecule has 0 spiro atoms. The molecule has 0 aliphatic carbocycles. The predicted molar refractivity (Wildman–Crippen MR) is 112 cm³/mol. The highest BCUT2D eigenvalue weighted by Crippen LogP contribution is 2.26. The number of aromatic nitrogens is 1. The number of hydrogen-bond donors (Lipinski definition) is 2. The Morgan fingerprint density at radius 1 is 1.28 bits per heavy atom. The van der Waals surface area contributed by atoms with Crippen molar-refractivity contribution in [2.45, 2.75) is 46.8 Å². The van der Waals surface area contributed by atoms with Crippen molar-refractivity contribution in [3.05, 3.63) is 39.3 Å². The van der Waals surface area contributed by atoms with Crippen LogP contribution in [0.3, 0.4) is 0 Å². The van der Waals surface area contributed by atoms with Crippen LogP contribution in [0.15, 0.2) is 23.2 Å². The zero-order valence-corrected chi connectivity index (χ0v) is 18.0. The zero-order chi connectivity index (χ0) is 21.2. The van der Waals surface area contributed by atoms with E-state index < -0.39 is 6.61 Å². The first-order valence-electron chi connectivity index (χ1n) is 9.55. The first kappa shape index (κ1) is 22.9. The number of rotatable bonds is 10. The van der Waals surface area contributed by atoms with Gasteiger partial charge in [0.25, 0.3) is 0 Å². The third-order valence-corrected chi connectivity index (χ3v) is 5.21. The van der Waals surface area contributed by atoms with Gasteiger partial charge in [-0.25, -0.2) is 9.98 Å². The summed E-state index contributed by atoms with van der Waals surface area (Å²) in [4.78, 5) is 10.4. The molecule has 0 radical (unpaired) electrons. The van der Waals surface area contributed by atoms with Crippen LogP contribution in [0.2, 0.25) is 0 Å². The number of aliphatic imine (C=N–C) groups is 1. The first-order chi connectivity index (χ1) is 14.0. The molecule has 0 amide bonds. The van der Waals surface area contributed by atoms with Gasteiger partial charge in [0.1, 0.15) is 11.5 Å². The Morgan fingerprint density at radius 2 is 2.07 bits per heavy atom. The fourth-order valence-corrected chi connectivity index (χ4v) is 3.75. The van der Waals surface area contributed by atoms with Gasteiger partial charge in [-0.05, 0) is 38.5 Å². The highest BCUT2D eigenvalue weighted by Gasteiger charge is 2.11. The molecule has 1 heterocycles. The molecule has 160 valence electrons. The van der Waals surface area contributed by atoms with Crippen LogP contribution in [0.25, 0.3) is 0 Å². The quantitative estimate of drug-likeness (QED) is 0.445. The van der Waals surface area contributed by atoms with E-state index in [2.05, 4.69) is 39.2 Å². The maximum atomic E-state index is 12.7. The van der Waals surface area contributed by atoms with Crippen molar-refractivity contribution in [3.8, 4) is 11.5 Å². The lowest BCUT2D eigenvalue weighted by molar-refractivity contribution is -0.0504. The second kappa shape index (κ2) is 11.5. The van der Waals surface area contributed by atoms with Gasteiger partial charge in [-0.2, -0.15) is 8.78 Å². The van der Waals surface area contributed by atoms with Crippen LogP contribution >= 0.6 is 11.3 Å². The second-order valence-corrected chi connectivity index (χ2v) is 7.48. The second-order valence-electron chi connectivity index (χ2n) is 6.19. The average molecular weight is 427 g/mol. The van der Waals surface area contributed by atoms with Gasteiger partial charge < -0.3 is 20.1 Å². The minimum atomic E-state index is -2.90. The molecule has 2 aromatic rings. The number of aryl methyl sites for hydroxylation is 2. The summed E-state index contributed by atoms with van der Waals surface area (Å²) in [6, 6.07) is 4.69. The lowest BCUT2D eigenvalue weighted by atomic mass is 10.2. The van der Waals surface area contributed by atoms with Crippen LogP contribution in [0.4, 0.5) is 8.78 Å². The van der Waals surface area contributed by atoms with E-state index in [1.54, 1.807) is 23.5 Å². The molecular weight excluding hydrogens is 398 g/mol. The molecule has 2 N–H and O–H groups in total. The highest BCUT2D eigenvalue weighted by atomic mass is 32.1. The van der Waals surface area contributed by atoms with Crippen molar-refractivity contribution in [3.63, 3.8) is 0 Å². The summed E-state index contributed by atoms with van der Waals surface area (Å²) >= 11 is 1.71. The molecule has 0 saturated heterocycles. The smallest absolute Gasteiger partial charge is 0.387 e. The normalized spacial score (nSPS) is 11.6. The molecule has 0 unspecified atom stereocenters. The fraction of sp³-hybridized carbons (Fsp3) is 0.500. The number of nitrogens with one attached hydrogen (secondary N) is 2. The molecule has 0 saturated carbocycles. The van der Waals surface area contributed by atoms with Gasteiger partial charge in [0, 0.05) is 30.0 Å². The summed E-state index contributed by atoms with van der Waals surface area (Å²) in [5.41, 5.74) is 1.67. The maximum absolute atomic E-state index is 12.7. The number of halogens is 2. The summed E-state index contributed by atoms with van der Waals surface area (Å²) in [6.07, 6.45) is 1.72. The predicted octanol–water partition coefficient (Wildman–Crippen LogP) is 3.92. The molecule has 0 fully saturated rings. The molecule has 29 heavy (non-hydrogen) atoms. The van der Waals surface area contributed by atoms with Crippen LogP contribution < -0.4 is 20.1 Å². The van der Waals surface area contributed by atoms with Gasteiger partial charge in [0.2, 0.25) is 0 Å². The number of methoxy groups -OCH3 is 1. The number of benzene rings is 1. The largest absolute Gasteiger partial charge is 0.497 e. The van der Waals surface area contributed by atoms with E-state index in [9.17, 15) is 8.78 Å². The van der Waals surface area contributed by atoms with Gasteiger partial charge in [-0.15, -0.1) is 11.3 Å². The van der Waals surface area contributed by atoms with Crippen molar-refractivity contribution in [1.82, 2.24) is 15.6 Å². The van der Waals surface area contributed by atoms with Crippen LogP contribution in [0.1, 0.15) is 35.0 Å². The molecule has 9 heteroatoms. The Balaban J connectivity index is 2.04. The van der Waals surface area contributed by atoms with Crippen molar-refractivity contribution in [1.29, 1.82) is 0 Å². The molecule has 0 aliphatic rings. The standard InChI is InChI=1S/C20H28F2N4O2S/c1-5-16-13(3)29-18(26-16)9-10-24-20(23-6-2)25-12-14-11-15(27-4)7-8-17(14)28-19(21)22/h7-8,11,19H,5-6,9-10,12H2,1-4H3,(H2,23,24,25). The molecular formula is C20H28F2N4O2S. The number of ether oxygens (including phenoxy) is 2. The summed E-state index contributed by atoms with van der Waals surface area (Å²) < 4.78 is 35.1. The van der Waals surface area contributed by atoms with E-state index >= 15 is 0 Å². The van der Waals surface area contributed by atoms with Gasteiger partial charge in [0.05, 0.1) is 24.4 Å². The average Bonchev–Trinajstić information content (AvgIpc) is 3.06. The van der Waals surface area contributed by atoms with Crippen LogP contribution in [-0.4, -0.2) is 37.8 Å². The third kappa shape index (κ3) is 7.16. The summed E-state index contributed by atoms with van der Waals surface area (Å²) in [7, 11) is 1.52. The third-order valence-electron chi connectivity index (χ3n) is 4.14. The first-order valence-corrected chi connectivity index (χ1v) is 10.4. The minimum absolute atomic E-state index is 0.0887. The molecule has 2 rings (SSSR count). The van der Waals surface area contributed by atoms with Gasteiger partial charge in [-0.3, -0.25) is 0 Å². The number of guanidine groups is 1. The monoisotopic (exact) mass is 426 g/mol. The van der Waals surface area contributed by atoms with Crippen molar-refractivity contribution < 1.29 is 18.3 Å². The van der Waals surface area contributed by atoms with Crippen molar-refractivity contribution >= 4 is 17.3 Å². The SMILES string of the molecule is CCNC(=NCc1cc(OC)ccc1OC(F)F)NCCc1nc(CC)c(C)s1. The molecule has 0 bridgehead atoms. The van der Waals surface area contributed by atoms with Crippen LogP contribution in [0, 0.1) is 6.92 Å². The summed E-state index contributed by atoms with van der Waals surface area (Å²) in [6.45, 7) is 4.78. The van der Waals surface area contributed by atoms with Crippen molar-refractivity contribution in [2.24, 2.45) is 4.99 Å². The van der Waals surface area contributed by atoms with Crippen molar-refractivity contribution in [2.75, 3.05) is 20.2 Å². The Bertz CT molecular complexity index is 812. The van der Waals surface area contributed by atoms with E-state index in [1.165, 1.54) is 18.1 Å². The van der Waals surface area contributed by atoms with E-state index in [-0.39, 0.29) is 12.3 Å². The van der Waals surface area contributed by atoms with Gasteiger partial charge in [-0.1, -0.05) is 6.92 Å². The van der Waals surface area contributed by atoms with Crippen LogP contribution in [-0.2, 0) is 19.4 Å². The van der Waals surface area contributed by atoms with Gasteiger partial charge in [0.15, 0.2) is 5.96 Å². The number of hydrogen-bond acceptors (Lipinski definition) is 5. The number of alkyl halides is 2. The van der Waals surface area contributed by atoms with Crippen LogP contribution in [0.5, 0.6) is 11.5 Å². The maximum Gasteiger partial charge on any atom is 0.387 e. The molecule has 0 aliphatic heterocycles. The molecule has 1 aromatic carbocycles. The summed E-state index contributed by atoms with van der Waals surface area (Å²) in [5.74, 6) is 1.24. The topological polar surface area (TPSA) is 67.8 Å². The number of thiazole rings is 1. The molecule has 6 nitrogen and oxygen atoms in total. The highest BCUT2D eigenvalue weighted by molar-refractivity contribution is 7.11. The Kier molecular flexibility index (Phi) is 9.11. The van der Waals surface area contributed by atoms with E-state index in [0.717, 1.165) is 23.5 Å². The van der Waals surface area contributed by atoms with E-state index in [0.29, 0.717) is 30.4 Å². The Morgan fingerprint density at radius 3 is 2.69 bits per heavy atom. The van der Waals surface area contributed by atoms with E-state index in [4.69, 9.17) is 4.74 Å². The Labute approximate surface area is 174 Å². The molecule has 0 atom stereocenters. The zero-order valence-electron chi connectivity index (χ0n) is 17.2. The molecule has 1 aromatic heterocycles. The summed E-state index contributed by atoms with van der Waals surface area (Å²) in [5, 5.41) is 7.50. The minimum Gasteiger partial charge on any atom is -0.497 e. The number of nitrogens with zero attached hydrogens (tertiary/aromatic N) is 2. The van der Waals surface area contributed by atoms with E-state index in [1.807, 2.05) is 6.92 Å². The van der Waals surface area contributed by atoms with Gasteiger partial charge >= 0.3 is 6.61 Å². The lowest BCUT2D eigenvalue weighted by Gasteiger charge is -2.13.